The average Bonchev–Trinajstić information content (AvgIpc) is 2.76. The van der Waals surface area contributed by atoms with Crippen molar-refractivity contribution in [3.05, 3.63) is 0 Å². The van der Waals surface area contributed by atoms with Crippen LogP contribution in [0.25, 0.3) is 0 Å². The van der Waals surface area contributed by atoms with Crippen molar-refractivity contribution >= 4 is 22.0 Å². The van der Waals surface area contributed by atoms with E-state index in [1.54, 1.807) is 0 Å². The van der Waals surface area contributed by atoms with Gasteiger partial charge in [0, 0.05) is 13.1 Å². The minimum Gasteiger partial charge on any atom is -0.481 e. The molecule has 1 N–H and O–H groups in total. The van der Waals surface area contributed by atoms with Gasteiger partial charge in [-0.1, -0.05) is 0 Å². The normalized spacial score (nSPS) is 21.4. The number of carbonyl (C=O) groups is 2. The Labute approximate surface area is 99.4 Å². The first-order valence-electron chi connectivity index (χ1n) is 5.14. The van der Waals surface area contributed by atoms with Crippen LogP contribution in [0, 0.1) is 5.92 Å². The van der Waals surface area contributed by atoms with Crippen molar-refractivity contribution < 1.29 is 27.9 Å². The molecule has 1 heterocycles. The van der Waals surface area contributed by atoms with Crippen LogP contribution in [-0.4, -0.2) is 55.7 Å². The molecule has 1 aliphatic rings. The quantitative estimate of drug-likeness (QED) is 0.659. The highest BCUT2D eigenvalue weighted by atomic mass is 32.2. The fourth-order valence-electron chi connectivity index (χ4n) is 1.63. The first-order chi connectivity index (χ1) is 7.86. The SMILES string of the molecule is COC(=O)CCS(=O)(=O)N1CCC(C(=O)O)C1. The number of carboxylic acids is 1. The topological polar surface area (TPSA) is 101 Å². The Kier molecular flexibility index (Phi) is 4.47. The predicted octanol–water partition coefficient (Wildman–Crippen LogP) is -0.714. The van der Waals surface area contributed by atoms with Gasteiger partial charge in [-0.05, 0) is 6.42 Å². The lowest BCUT2D eigenvalue weighted by Gasteiger charge is -2.15. The van der Waals surface area contributed by atoms with Gasteiger partial charge in [0.1, 0.15) is 0 Å². The van der Waals surface area contributed by atoms with Crippen molar-refractivity contribution in [2.75, 3.05) is 26.0 Å². The van der Waals surface area contributed by atoms with E-state index in [1.165, 1.54) is 7.11 Å². The number of rotatable bonds is 5. The number of esters is 1. The van der Waals surface area contributed by atoms with Gasteiger partial charge in [0.05, 0.1) is 25.2 Å². The smallest absolute Gasteiger partial charge is 0.307 e. The summed E-state index contributed by atoms with van der Waals surface area (Å²) in [6.07, 6.45) is 0.0971. The molecule has 0 amide bonds. The summed E-state index contributed by atoms with van der Waals surface area (Å²) in [4.78, 5) is 21.5. The summed E-state index contributed by atoms with van der Waals surface area (Å²) < 4.78 is 29.0. The van der Waals surface area contributed by atoms with Crippen LogP contribution in [0.5, 0.6) is 0 Å². The summed E-state index contributed by atoms with van der Waals surface area (Å²) in [5.74, 6) is -2.58. The minimum absolute atomic E-state index is 0.0150. The van der Waals surface area contributed by atoms with Gasteiger partial charge in [-0.2, -0.15) is 0 Å². The molecule has 17 heavy (non-hydrogen) atoms. The largest absolute Gasteiger partial charge is 0.481 e. The monoisotopic (exact) mass is 265 g/mol. The third-order valence-corrected chi connectivity index (χ3v) is 4.52. The van der Waals surface area contributed by atoms with Crippen LogP contribution in [0.4, 0.5) is 0 Å². The zero-order valence-electron chi connectivity index (χ0n) is 9.46. The first kappa shape index (κ1) is 13.9. The minimum atomic E-state index is -3.56. The number of carbonyl (C=O) groups excluding carboxylic acids is 1. The maximum Gasteiger partial charge on any atom is 0.307 e. The lowest BCUT2D eigenvalue weighted by molar-refractivity contribution is -0.141. The molecule has 1 atom stereocenters. The molecule has 1 saturated heterocycles. The zero-order chi connectivity index (χ0) is 13.1. The molecule has 0 aromatic heterocycles. The zero-order valence-corrected chi connectivity index (χ0v) is 10.3. The van der Waals surface area contributed by atoms with E-state index in [9.17, 15) is 18.0 Å². The first-order valence-corrected chi connectivity index (χ1v) is 6.75. The fourth-order valence-corrected chi connectivity index (χ4v) is 3.10. The molecule has 7 nitrogen and oxygen atoms in total. The Morgan fingerprint density at radius 3 is 2.59 bits per heavy atom. The lowest BCUT2D eigenvalue weighted by Crippen LogP contribution is -2.32. The highest BCUT2D eigenvalue weighted by Crippen LogP contribution is 2.20. The number of sulfonamides is 1. The van der Waals surface area contributed by atoms with Crippen molar-refractivity contribution in [3.8, 4) is 0 Å². The Bertz CT molecular complexity index is 404. The molecule has 8 heteroatoms. The van der Waals surface area contributed by atoms with Crippen molar-refractivity contribution in [2.24, 2.45) is 5.92 Å². The molecule has 0 saturated carbocycles. The summed E-state index contributed by atoms with van der Waals surface area (Å²) in [5.41, 5.74) is 0. The van der Waals surface area contributed by atoms with Crippen LogP contribution < -0.4 is 0 Å². The number of carboxylic acid groups (broad SMARTS) is 1. The van der Waals surface area contributed by atoms with Crippen molar-refractivity contribution in [1.29, 1.82) is 0 Å². The van der Waals surface area contributed by atoms with Crippen LogP contribution in [-0.2, 0) is 24.3 Å². The number of hydrogen-bond donors (Lipinski definition) is 1. The van der Waals surface area contributed by atoms with Gasteiger partial charge < -0.3 is 9.84 Å². The Morgan fingerprint density at radius 1 is 1.47 bits per heavy atom. The summed E-state index contributed by atoms with van der Waals surface area (Å²) in [6, 6.07) is 0. The molecular formula is C9H15NO6S. The number of methoxy groups -OCH3 is 1. The van der Waals surface area contributed by atoms with Crippen molar-refractivity contribution in [2.45, 2.75) is 12.8 Å². The van der Waals surface area contributed by atoms with Gasteiger partial charge in [0.2, 0.25) is 10.0 Å². The molecule has 0 aromatic carbocycles. The molecular weight excluding hydrogens is 250 g/mol. The van der Waals surface area contributed by atoms with E-state index < -0.39 is 27.9 Å². The number of hydrogen-bond acceptors (Lipinski definition) is 5. The lowest BCUT2D eigenvalue weighted by atomic mass is 10.1. The summed E-state index contributed by atoms with van der Waals surface area (Å²) >= 11 is 0. The molecule has 0 bridgehead atoms. The third kappa shape index (κ3) is 3.67. The van der Waals surface area contributed by atoms with E-state index in [0.29, 0.717) is 6.42 Å². The molecule has 1 unspecified atom stereocenters. The van der Waals surface area contributed by atoms with E-state index in [-0.39, 0.29) is 25.3 Å². The molecule has 0 aliphatic carbocycles. The van der Waals surface area contributed by atoms with Crippen LogP contribution in [0.1, 0.15) is 12.8 Å². The second-order valence-corrected chi connectivity index (χ2v) is 5.91. The summed E-state index contributed by atoms with van der Waals surface area (Å²) in [7, 11) is -2.38. The van der Waals surface area contributed by atoms with Gasteiger partial charge in [-0.3, -0.25) is 9.59 Å². The number of ether oxygens (including phenoxy) is 1. The van der Waals surface area contributed by atoms with Gasteiger partial charge >= 0.3 is 11.9 Å². The van der Waals surface area contributed by atoms with E-state index in [0.717, 1.165) is 4.31 Å². The molecule has 1 rings (SSSR count). The van der Waals surface area contributed by atoms with Gasteiger partial charge in [0.25, 0.3) is 0 Å². The van der Waals surface area contributed by atoms with Crippen LogP contribution in [0.15, 0.2) is 0 Å². The van der Waals surface area contributed by atoms with Gasteiger partial charge in [0.15, 0.2) is 0 Å². The molecule has 1 aliphatic heterocycles. The Morgan fingerprint density at radius 2 is 2.12 bits per heavy atom. The second-order valence-electron chi connectivity index (χ2n) is 3.82. The molecule has 0 aromatic rings. The predicted molar refractivity (Wildman–Crippen MR) is 57.7 cm³/mol. The maximum atomic E-state index is 11.7. The highest BCUT2D eigenvalue weighted by Gasteiger charge is 2.34. The van der Waals surface area contributed by atoms with Crippen molar-refractivity contribution in [1.82, 2.24) is 4.31 Å². The highest BCUT2D eigenvalue weighted by molar-refractivity contribution is 7.89. The third-order valence-electron chi connectivity index (χ3n) is 2.69. The van der Waals surface area contributed by atoms with E-state index in [4.69, 9.17) is 5.11 Å². The molecule has 0 spiro atoms. The fraction of sp³-hybridized carbons (Fsp3) is 0.778. The Hall–Kier alpha value is -1.15. The number of aliphatic carboxylic acids is 1. The van der Waals surface area contributed by atoms with E-state index in [2.05, 4.69) is 4.74 Å². The summed E-state index contributed by atoms with van der Waals surface area (Å²) in [6.45, 7) is 0.180. The Balaban J connectivity index is 2.55. The van der Waals surface area contributed by atoms with Gasteiger partial charge in [-0.25, -0.2) is 12.7 Å². The standard InChI is InChI=1S/C9H15NO6S/c1-16-8(11)3-5-17(14,15)10-4-2-7(6-10)9(12)13/h7H,2-6H2,1H3,(H,12,13). The average molecular weight is 265 g/mol. The van der Waals surface area contributed by atoms with Crippen LogP contribution >= 0.6 is 0 Å². The maximum absolute atomic E-state index is 11.7. The van der Waals surface area contributed by atoms with E-state index in [1.807, 2.05) is 0 Å². The van der Waals surface area contributed by atoms with Crippen LogP contribution in [0.2, 0.25) is 0 Å². The molecule has 98 valence electrons. The second kappa shape index (κ2) is 5.46. The van der Waals surface area contributed by atoms with Gasteiger partial charge in [-0.15, -0.1) is 0 Å². The van der Waals surface area contributed by atoms with Crippen molar-refractivity contribution in [3.63, 3.8) is 0 Å². The number of nitrogens with zero attached hydrogens (tertiary/aromatic N) is 1. The molecule has 1 fully saturated rings. The molecule has 0 radical (unpaired) electrons. The van der Waals surface area contributed by atoms with E-state index >= 15 is 0 Å². The summed E-state index contributed by atoms with van der Waals surface area (Å²) in [5, 5.41) is 8.76. The van der Waals surface area contributed by atoms with Crippen LogP contribution in [0.3, 0.4) is 0 Å².